The molecule has 3 aromatic heterocycles. The Balaban J connectivity index is 1.49. The van der Waals surface area contributed by atoms with E-state index in [0.29, 0.717) is 17.2 Å². The molecule has 0 unspecified atom stereocenters. The molecular weight excluding hydrogens is 430 g/mol. The van der Waals surface area contributed by atoms with Crippen LogP contribution in [0.25, 0.3) is 10.9 Å². The number of carbonyl (C=O) groups is 1. The van der Waals surface area contributed by atoms with Crippen LogP contribution in [-0.2, 0) is 0 Å². The number of hydrogen-bond acceptors (Lipinski definition) is 8. The third-order valence-corrected chi connectivity index (χ3v) is 6.95. The predicted molar refractivity (Wildman–Crippen MR) is 133 cm³/mol. The molecule has 5 rings (SSSR count). The highest BCUT2D eigenvalue weighted by Crippen LogP contribution is 2.33. The van der Waals surface area contributed by atoms with Crippen LogP contribution in [0, 0.1) is 6.92 Å². The maximum Gasteiger partial charge on any atom is 0.262 e. The topological polar surface area (TPSA) is 105 Å². The average Bonchev–Trinajstić information content (AvgIpc) is 3.20. The van der Waals surface area contributed by atoms with E-state index in [1.54, 1.807) is 18.6 Å². The van der Waals surface area contributed by atoms with Crippen LogP contribution in [0.15, 0.2) is 29.5 Å². The molecule has 9 nitrogen and oxygen atoms in total. The Bertz CT molecular complexity index is 1250. The number of rotatable bonds is 5. The molecule has 2 N–H and O–H groups in total. The van der Waals surface area contributed by atoms with Gasteiger partial charge in [0.05, 0.1) is 23.5 Å². The normalized spacial score (nSPS) is 17.2. The van der Waals surface area contributed by atoms with Crippen molar-refractivity contribution in [2.45, 2.75) is 52.0 Å². The molecule has 2 fully saturated rings. The fourth-order valence-electron chi connectivity index (χ4n) is 5.22. The number of ketones is 1. The lowest BCUT2D eigenvalue weighted by atomic mass is 10.0. The van der Waals surface area contributed by atoms with E-state index in [2.05, 4.69) is 30.5 Å². The zero-order valence-corrected chi connectivity index (χ0v) is 19.8. The molecule has 0 atom stereocenters. The van der Waals surface area contributed by atoms with Crippen molar-refractivity contribution >= 4 is 34.1 Å². The van der Waals surface area contributed by atoms with Crippen LogP contribution in [0.5, 0.6) is 0 Å². The summed E-state index contributed by atoms with van der Waals surface area (Å²) >= 11 is 0. The van der Waals surface area contributed by atoms with Gasteiger partial charge >= 0.3 is 0 Å². The number of fused-ring (bicyclic) bond motifs is 1. The standard InChI is InChI=1S/C25H31N7O2/c1-16-19-13-27-21(30-22-14-29-23(15-28-22)31-10-5-8-26-9-11-31)12-20(19)32(18-6-3-4-7-18)25(34)24(16)17(2)33/h12-15,18,26H,3-11H2,1-2H3,(H,27,28,30). The zero-order valence-electron chi connectivity index (χ0n) is 19.8. The van der Waals surface area contributed by atoms with E-state index >= 15 is 0 Å². The van der Waals surface area contributed by atoms with Gasteiger partial charge in [-0.3, -0.25) is 9.59 Å². The monoisotopic (exact) mass is 461 g/mol. The molecular formula is C25H31N7O2. The van der Waals surface area contributed by atoms with E-state index in [9.17, 15) is 9.59 Å². The van der Waals surface area contributed by atoms with Gasteiger partial charge in [0.15, 0.2) is 5.78 Å². The number of aryl methyl sites for hydroxylation is 1. The summed E-state index contributed by atoms with van der Waals surface area (Å²) in [5.74, 6) is 1.85. The van der Waals surface area contributed by atoms with E-state index < -0.39 is 0 Å². The highest BCUT2D eigenvalue weighted by Gasteiger charge is 2.25. The maximum absolute atomic E-state index is 13.4. The molecule has 9 heteroatoms. The summed E-state index contributed by atoms with van der Waals surface area (Å²) in [4.78, 5) is 41.6. The van der Waals surface area contributed by atoms with Gasteiger partial charge in [0.2, 0.25) is 0 Å². The molecule has 0 radical (unpaired) electrons. The van der Waals surface area contributed by atoms with E-state index in [1.807, 2.05) is 17.6 Å². The lowest BCUT2D eigenvalue weighted by molar-refractivity contribution is 0.101. The summed E-state index contributed by atoms with van der Waals surface area (Å²) in [6.07, 6.45) is 10.4. The minimum Gasteiger partial charge on any atom is -0.354 e. The first-order valence-electron chi connectivity index (χ1n) is 12.1. The lowest BCUT2D eigenvalue weighted by Crippen LogP contribution is -2.30. The van der Waals surface area contributed by atoms with Gasteiger partial charge in [-0.15, -0.1) is 0 Å². The maximum atomic E-state index is 13.4. The Morgan fingerprint density at radius 3 is 2.56 bits per heavy atom. The van der Waals surface area contributed by atoms with E-state index in [-0.39, 0.29) is 22.9 Å². The van der Waals surface area contributed by atoms with Crippen molar-refractivity contribution < 1.29 is 4.79 Å². The second-order valence-electron chi connectivity index (χ2n) is 9.23. The third-order valence-electron chi connectivity index (χ3n) is 6.95. The molecule has 0 amide bonds. The van der Waals surface area contributed by atoms with Crippen LogP contribution in [-0.4, -0.2) is 51.5 Å². The SMILES string of the molecule is CC(=O)c1c(C)c2cnc(Nc3cnc(N4CCCNCC4)cn3)cc2n(C2CCCC2)c1=O. The van der Waals surface area contributed by atoms with Crippen LogP contribution < -0.4 is 21.1 Å². The van der Waals surface area contributed by atoms with Crippen LogP contribution in [0.3, 0.4) is 0 Å². The van der Waals surface area contributed by atoms with Gasteiger partial charge in [-0.05, 0) is 45.2 Å². The molecule has 1 aliphatic carbocycles. The Hall–Kier alpha value is -3.33. The van der Waals surface area contributed by atoms with Crippen molar-refractivity contribution in [3.8, 4) is 0 Å². The minimum absolute atomic E-state index is 0.103. The quantitative estimate of drug-likeness (QED) is 0.558. The average molecular weight is 462 g/mol. The molecule has 1 saturated heterocycles. The molecule has 1 saturated carbocycles. The van der Waals surface area contributed by atoms with E-state index in [4.69, 9.17) is 0 Å². The van der Waals surface area contributed by atoms with Crippen LogP contribution in [0.4, 0.5) is 17.5 Å². The molecule has 3 aromatic rings. The van der Waals surface area contributed by atoms with Gasteiger partial charge in [-0.25, -0.2) is 15.0 Å². The minimum atomic E-state index is -0.200. The number of anilines is 3. The van der Waals surface area contributed by atoms with Gasteiger partial charge in [-0.1, -0.05) is 12.8 Å². The van der Waals surface area contributed by atoms with Crippen molar-refractivity contribution in [1.82, 2.24) is 24.8 Å². The molecule has 34 heavy (non-hydrogen) atoms. The van der Waals surface area contributed by atoms with Gasteiger partial charge < -0.3 is 20.1 Å². The first kappa shape index (κ1) is 22.5. The molecule has 0 bridgehead atoms. The molecule has 0 spiro atoms. The number of aromatic nitrogens is 4. The predicted octanol–water partition coefficient (Wildman–Crippen LogP) is 3.36. The highest BCUT2D eigenvalue weighted by atomic mass is 16.1. The van der Waals surface area contributed by atoms with E-state index in [0.717, 1.165) is 75.0 Å². The van der Waals surface area contributed by atoms with Crippen molar-refractivity contribution in [2.24, 2.45) is 0 Å². The molecule has 4 heterocycles. The van der Waals surface area contributed by atoms with Crippen molar-refractivity contribution in [3.63, 3.8) is 0 Å². The van der Waals surface area contributed by atoms with Gasteiger partial charge in [0.1, 0.15) is 17.5 Å². The van der Waals surface area contributed by atoms with Crippen molar-refractivity contribution in [2.75, 3.05) is 36.4 Å². The number of nitrogens with zero attached hydrogens (tertiary/aromatic N) is 5. The van der Waals surface area contributed by atoms with Gasteiger partial charge in [-0.2, -0.15) is 0 Å². The molecule has 1 aliphatic heterocycles. The first-order chi connectivity index (χ1) is 16.5. The Morgan fingerprint density at radius 1 is 1.03 bits per heavy atom. The summed E-state index contributed by atoms with van der Waals surface area (Å²) in [7, 11) is 0. The van der Waals surface area contributed by atoms with Crippen molar-refractivity contribution in [1.29, 1.82) is 0 Å². The molecule has 0 aromatic carbocycles. The molecule has 2 aliphatic rings. The smallest absolute Gasteiger partial charge is 0.262 e. The summed E-state index contributed by atoms with van der Waals surface area (Å²) in [5, 5.41) is 7.46. The Morgan fingerprint density at radius 2 is 1.82 bits per heavy atom. The number of carbonyl (C=O) groups excluding carboxylic acids is 1. The Kier molecular flexibility index (Phi) is 6.28. The van der Waals surface area contributed by atoms with Crippen LogP contribution in [0.1, 0.15) is 61.0 Å². The van der Waals surface area contributed by atoms with Gasteiger partial charge in [0.25, 0.3) is 5.56 Å². The first-order valence-corrected chi connectivity index (χ1v) is 12.1. The van der Waals surface area contributed by atoms with Gasteiger partial charge in [0, 0.05) is 43.3 Å². The van der Waals surface area contributed by atoms with Crippen molar-refractivity contribution in [3.05, 3.63) is 46.1 Å². The summed E-state index contributed by atoms with van der Waals surface area (Å²) in [6.45, 7) is 7.13. The van der Waals surface area contributed by atoms with Crippen LogP contribution in [0.2, 0.25) is 0 Å². The number of Topliss-reactive ketones (excluding diaryl/α,β-unsaturated/α-hetero) is 1. The highest BCUT2D eigenvalue weighted by molar-refractivity contribution is 6.00. The van der Waals surface area contributed by atoms with E-state index in [1.165, 1.54) is 6.92 Å². The second-order valence-corrected chi connectivity index (χ2v) is 9.23. The molecule has 178 valence electrons. The largest absolute Gasteiger partial charge is 0.354 e. The number of hydrogen-bond donors (Lipinski definition) is 2. The second kappa shape index (κ2) is 9.50. The lowest BCUT2D eigenvalue weighted by Gasteiger charge is -2.21. The fourth-order valence-corrected chi connectivity index (χ4v) is 5.22. The number of pyridine rings is 2. The fraction of sp³-hybridized carbons (Fsp3) is 0.480. The summed E-state index contributed by atoms with van der Waals surface area (Å²) < 4.78 is 1.82. The summed E-state index contributed by atoms with van der Waals surface area (Å²) in [5.41, 5.74) is 1.57. The van der Waals surface area contributed by atoms with Crippen LogP contribution >= 0.6 is 0 Å². The summed E-state index contributed by atoms with van der Waals surface area (Å²) in [6, 6.07) is 1.99. The Labute approximate surface area is 198 Å². The zero-order chi connectivity index (χ0) is 23.7. The third kappa shape index (κ3) is 4.27. The number of nitrogens with one attached hydrogen (secondary N) is 2.